The standard InChI is InChI=1S/C21H23F3N8O3S/c1-35-16-7-14-12(6-13(16)22)20-27-19(29-32(20)21(25)26-14)11-4-3-5-30(8-11)15-9-31(10-36(2,33)34)28-17(15)18(23)24/h6-7,9,11,18H,3-5,8,10H2,1-2H3,(H2,25,26)/t11-/m1/s1. The lowest BCUT2D eigenvalue weighted by atomic mass is 9.97. The van der Waals surface area contributed by atoms with E-state index >= 15 is 0 Å². The van der Waals surface area contributed by atoms with Crippen molar-refractivity contribution in [3.05, 3.63) is 35.7 Å². The first kappa shape index (κ1) is 24.1. The van der Waals surface area contributed by atoms with E-state index < -0.39 is 33.7 Å². The second kappa shape index (κ2) is 8.80. The maximum atomic E-state index is 14.4. The Morgan fingerprint density at radius 1 is 1.25 bits per heavy atom. The van der Waals surface area contributed by atoms with Crippen molar-refractivity contribution >= 4 is 38.0 Å². The third kappa shape index (κ3) is 4.38. The Kier molecular flexibility index (Phi) is 5.89. The number of alkyl halides is 2. The number of fused-ring (bicyclic) bond motifs is 3. The molecule has 1 atom stereocenters. The van der Waals surface area contributed by atoms with Gasteiger partial charge >= 0.3 is 0 Å². The van der Waals surface area contributed by atoms with Gasteiger partial charge in [-0.15, -0.1) is 5.10 Å². The van der Waals surface area contributed by atoms with Gasteiger partial charge in [0.15, 0.2) is 38.6 Å². The van der Waals surface area contributed by atoms with E-state index in [-0.39, 0.29) is 23.3 Å². The molecule has 2 N–H and O–H groups in total. The molecule has 1 fully saturated rings. The lowest BCUT2D eigenvalue weighted by molar-refractivity contribution is 0.145. The van der Waals surface area contributed by atoms with Crippen LogP contribution >= 0.6 is 0 Å². The van der Waals surface area contributed by atoms with Gasteiger partial charge in [-0.1, -0.05) is 0 Å². The van der Waals surface area contributed by atoms with Gasteiger partial charge in [-0.3, -0.25) is 4.68 Å². The number of hydrogen-bond donors (Lipinski definition) is 1. The molecule has 0 saturated carbocycles. The molecule has 4 aromatic rings. The van der Waals surface area contributed by atoms with E-state index in [4.69, 9.17) is 10.5 Å². The minimum Gasteiger partial charge on any atom is -0.494 e. The fourth-order valence-corrected chi connectivity index (χ4v) is 5.13. The monoisotopic (exact) mass is 524 g/mol. The molecule has 1 saturated heterocycles. The minimum absolute atomic E-state index is 0.0210. The van der Waals surface area contributed by atoms with E-state index in [0.717, 1.165) is 10.9 Å². The summed E-state index contributed by atoms with van der Waals surface area (Å²) in [5.41, 5.74) is 6.48. The van der Waals surface area contributed by atoms with Crippen LogP contribution in [0.3, 0.4) is 0 Å². The van der Waals surface area contributed by atoms with Gasteiger partial charge in [0.25, 0.3) is 6.43 Å². The third-order valence-electron chi connectivity index (χ3n) is 6.06. The summed E-state index contributed by atoms with van der Waals surface area (Å²) in [6.45, 7) is 0.778. The first-order valence-electron chi connectivity index (χ1n) is 11.0. The van der Waals surface area contributed by atoms with E-state index in [0.29, 0.717) is 48.3 Å². The Morgan fingerprint density at radius 3 is 2.72 bits per heavy atom. The summed E-state index contributed by atoms with van der Waals surface area (Å²) in [5, 5.41) is 8.70. The predicted octanol–water partition coefficient (Wildman–Crippen LogP) is 2.53. The van der Waals surface area contributed by atoms with Crippen LogP contribution in [0.5, 0.6) is 5.75 Å². The van der Waals surface area contributed by atoms with Crippen molar-refractivity contribution in [1.29, 1.82) is 0 Å². The Hall–Kier alpha value is -3.62. The van der Waals surface area contributed by atoms with Crippen LogP contribution in [0, 0.1) is 5.82 Å². The van der Waals surface area contributed by atoms with E-state index in [1.54, 1.807) is 4.90 Å². The summed E-state index contributed by atoms with van der Waals surface area (Å²) < 4.78 is 72.5. The Balaban J connectivity index is 1.51. The lowest BCUT2D eigenvalue weighted by Crippen LogP contribution is -2.35. The van der Waals surface area contributed by atoms with Crippen LogP contribution in [0.1, 0.15) is 36.7 Å². The van der Waals surface area contributed by atoms with E-state index in [1.807, 2.05) is 0 Å². The van der Waals surface area contributed by atoms with Gasteiger partial charge in [-0.2, -0.15) is 9.61 Å². The maximum Gasteiger partial charge on any atom is 0.284 e. The number of aromatic nitrogens is 6. The van der Waals surface area contributed by atoms with Gasteiger partial charge in [0, 0.05) is 42.9 Å². The number of hydrogen-bond acceptors (Lipinski definition) is 9. The fraction of sp³-hybridized carbons (Fsp3) is 0.429. The summed E-state index contributed by atoms with van der Waals surface area (Å²) in [6.07, 6.45) is 0.795. The average molecular weight is 525 g/mol. The van der Waals surface area contributed by atoms with Gasteiger partial charge in [0.2, 0.25) is 5.95 Å². The van der Waals surface area contributed by atoms with Gasteiger partial charge < -0.3 is 15.4 Å². The van der Waals surface area contributed by atoms with Crippen LogP contribution in [0.15, 0.2) is 18.3 Å². The van der Waals surface area contributed by atoms with Crippen LogP contribution in [0.2, 0.25) is 0 Å². The summed E-state index contributed by atoms with van der Waals surface area (Å²) >= 11 is 0. The molecule has 36 heavy (non-hydrogen) atoms. The molecule has 1 aromatic carbocycles. The minimum atomic E-state index is -3.47. The summed E-state index contributed by atoms with van der Waals surface area (Å²) in [7, 11) is -2.13. The number of sulfone groups is 1. The fourth-order valence-electron chi connectivity index (χ4n) is 4.51. The Labute approximate surface area is 203 Å². The van der Waals surface area contributed by atoms with Crippen LogP contribution < -0.4 is 15.4 Å². The van der Waals surface area contributed by atoms with Crippen molar-refractivity contribution in [2.24, 2.45) is 0 Å². The van der Waals surface area contributed by atoms with Crippen LogP contribution in [-0.4, -0.2) is 64.2 Å². The van der Waals surface area contributed by atoms with Crippen molar-refractivity contribution in [3.63, 3.8) is 0 Å². The second-order valence-electron chi connectivity index (χ2n) is 8.76. The zero-order valence-corrected chi connectivity index (χ0v) is 20.2. The van der Waals surface area contributed by atoms with Crippen molar-refractivity contribution in [2.45, 2.75) is 31.1 Å². The zero-order chi connectivity index (χ0) is 25.8. The van der Waals surface area contributed by atoms with Crippen molar-refractivity contribution in [1.82, 2.24) is 29.4 Å². The molecule has 15 heteroatoms. The lowest BCUT2D eigenvalue weighted by Gasteiger charge is -2.32. The molecule has 1 aliphatic rings. The number of methoxy groups -OCH3 is 1. The van der Waals surface area contributed by atoms with Crippen LogP contribution in [0.25, 0.3) is 16.6 Å². The molecule has 0 unspecified atom stereocenters. The summed E-state index contributed by atoms with van der Waals surface area (Å²) in [5.74, 6) is -0.845. The highest BCUT2D eigenvalue weighted by Crippen LogP contribution is 2.35. The van der Waals surface area contributed by atoms with Crippen molar-refractivity contribution < 1.29 is 26.3 Å². The summed E-state index contributed by atoms with van der Waals surface area (Å²) in [6, 6.07) is 2.68. The Morgan fingerprint density at radius 2 is 2.03 bits per heavy atom. The SMILES string of the molecule is COc1cc2nc(N)n3nc([C@@H]4CCCN(c5cn(CS(C)(=O)=O)nc5C(F)F)C4)nc3c2cc1F. The third-order valence-corrected chi connectivity index (χ3v) is 6.79. The molecule has 4 heterocycles. The molecule has 0 bridgehead atoms. The number of nitrogens with zero attached hydrogens (tertiary/aromatic N) is 7. The molecule has 3 aromatic heterocycles. The molecule has 0 spiro atoms. The topological polar surface area (TPSA) is 134 Å². The highest BCUT2D eigenvalue weighted by Gasteiger charge is 2.30. The number of nitrogens with two attached hydrogens (primary N) is 1. The number of rotatable bonds is 6. The molecule has 0 amide bonds. The first-order chi connectivity index (χ1) is 17.0. The molecule has 192 valence electrons. The molecule has 5 rings (SSSR count). The maximum absolute atomic E-state index is 14.4. The van der Waals surface area contributed by atoms with E-state index in [9.17, 15) is 21.6 Å². The Bertz CT molecular complexity index is 1570. The van der Waals surface area contributed by atoms with Crippen LogP contribution in [-0.2, 0) is 15.7 Å². The normalized spacial score (nSPS) is 16.9. The first-order valence-corrected chi connectivity index (χ1v) is 13.1. The number of piperidine rings is 1. The highest BCUT2D eigenvalue weighted by atomic mass is 32.2. The molecule has 0 aliphatic carbocycles. The second-order valence-corrected chi connectivity index (χ2v) is 10.9. The molecule has 1 aliphatic heterocycles. The number of ether oxygens (including phenoxy) is 1. The molecule has 0 radical (unpaired) electrons. The highest BCUT2D eigenvalue weighted by molar-refractivity contribution is 7.89. The van der Waals surface area contributed by atoms with Crippen LogP contribution in [0.4, 0.5) is 24.8 Å². The largest absolute Gasteiger partial charge is 0.494 e. The van der Waals surface area contributed by atoms with Gasteiger partial charge in [-0.05, 0) is 18.9 Å². The number of benzene rings is 1. The quantitative estimate of drug-likeness (QED) is 0.404. The van der Waals surface area contributed by atoms with Gasteiger partial charge in [0.05, 0.1) is 18.3 Å². The van der Waals surface area contributed by atoms with Gasteiger partial charge in [0.1, 0.15) is 5.88 Å². The van der Waals surface area contributed by atoms with E-state index in [1.165, 1.54) is 30.0 Å². The predicted molar refractivity (Wildman–Crippen MR) is 125 cm³/mol. The number of halogens is 3. The average Bonchev–Trinajstić information content (AvgIpc) is 3.44. The summed E-state index contributed by atoms with van der Waals surface area (Å²) in [4.78, 5) is 10.6. The molecular weight excluding hydrogens is 501 g/mol. The van der Waals surface area contributed by atoms with Crippen molar-refractivity contribution in [2.75, 3.05) is 37.1 Å². The van der Waals surface area contributed by atoms with E-state index in [2.05, 4.69) is 20.2 Å². The van der Waals surface area contributed by atoms with Crippen molar-refractivity contribution in [3.8, 4) is 5.75 Å². The zero-order valence-electron chi connectivity index (χ0n) is 19.4. The smallest absolute Gasteiger partial charge is 0.284 e. The number of anilines is 2. The molecule has 11 nitrogen and oxygen atoms in total. The molecular formula is C21H23F3N8O3S. The van der Waals surface area contributed by atoms with Gasteiger partial charge in [-0.25, -0.2) is 31.6 Å². The number of nitrogen functional groups attached to an aromatic ring is 1.